The number of hydrogen-bond donors (Lipinski definition) is 1. The predicted octanol–water partition coefficient (Wildman–Crippen LogP) is 3.24. The molecule has 6 nitrogen and oxygen atoms in total. The third kappa shape index (κ3) is 5.81. The van der Waals surface area contributed by atoms with Crippen molar-refractivity contribution in [2.24, 2.45) is 5.10 Å². The molecule has 0 fully saturated rings. The Morgan fingerprint density at radius 1 is 1.08 bits per heavy atom. The summed E-state index contributed by atoms with van der Waals surface area (Å²) in [5.74, 6) is 1.61. The average molecular weight is 356 g/mol. The van der Waals surface area contributed by atoms with Crippen LogP contribution in [0.1, 0.15) is 23.6 Å². The minimum absolute atomic E-state index is 0.104. The second-order valence-corrected chi connectivity index (χ2v) is 5.75. The predicted molar refractivity (Wildman–Crippen MR) is 101 cm³/mol. The van der Waals surface area contributed by atoms with Crippen LogP contribution in [-0.4, -0.2) is 32.4 Å². The number of rotatable bonds is 8. The summed E-state index contributed by atoms with van der Waals surface area (Å²) in [6.45, 7) is 6.29. The largest absolute Gasteiger partial charge is 0.493 e. The molecule has 0 aliphatic rings. The first-order valence-electron chi connectivity index (χ1n) is 8.35. The molecule has 2 aromatic carbocycles. The van der Waals surface area contributed by atoms with E-state index in [1.54, 1.807) is 19.2 Å². The minimum atomic E-state index is -0.334. The highest BCUT2D eigenvalue weighted by Crippen LogP contribution is 2.27. The second kappa shape index (κ2) is 9.46. The van der Waals surface area contributed by atoms with Gasteiger partial charge < -0.3 is 14.2 Å². The molecule has 0 spiro atoms. The number of carbonyl (C=O) groups excluding carboxylic acids is 1. The molecule has 6 heteroatoms. The molecule has 0 heterocycles. The molecule has 2 rings (SSSR count). The third-order valence-corrected chi connectivity index (χ3v) is 3.46. The summed E-state index contributed by atoms with van der Waals surface area (Å²) < 4.78 is 16.2. The van der Waals surface area contributed by atoms with Gasteiger partial charge in [-0.1, -0.05) is 6.07 Å². The van der Waals surface area contributed by atoms with Gasteiger partial charge in [0.2, 0.25) is 0 Å². The number of ether oxygens (including phenoxy) is 3. The number of benzene rings is 2. The van der Waals surface area contributed by atoms with E-state index in [0.717, 1.165) is 16.7 Å². The van der Waals surface area contributed by atoms with Crippen molar-refractivity contribution in [3.8, 4) is 17.2 Å². The summed E-state index contributed by atoms with van der Waals surface area (Å²) in [5, 5.41) is 3.94. The van der Waals surface area contributed by atoms with Crippen LogP contribution in [0.3, 0.4) is 0 Å². The van der Waals surface area contributed by atoms with E-state index < -0.39 is 0 Å². The zero-order valence-corrected chi connectivity index (χ0v) is 15.5. The zero-order valence-electron chi connectivity index (χ0n) is 15.5. The van der Waals surface area contributed by atoms with Crippen LogP contribution in [-0.2, 0) is 4.79 Å². The monoisotopic (exact) mass is 356 g/mol. The topological polar surface area (TPSA) is 69.2 Å². The van der Waals surface area contributed by atoms with Gasteiger partial charge >= 0.3 is 0 Å². The quantitative estimate of drug-likeness (QED) is 0.582. The number of amides is 1. The van der Waals surface area contributed by atoms with Crippen LogP contribution in [0.5, 0.6) is 17.2 Å². The van der Waals surface area contributed by atoms with E-state index in [1.165, 1.54) is 6.21 Å². The van der Waals surface area contributed by atoms with E-state index in [4.69, 9.17) is 14.2 Å². The molecule has 0 bridgehead atoms. The van der Waals surface area contributed by atoms with Gasteiger partial charge in [-0.25, -0.2) is 5.43 Å². The van der Waals surface area contributed by atoms with Gasteiger partial charge in [0.15, 0.2) is 18.1 Å². The molecular weight excluding hydrogens is 332 g/mol. The smallest absolute Gasteiger partial charge is 0.277 e. The fourth-order valence-electron chi connectivity index (χ4n) is 2.42. The lowest BCUT2D eigenvalue weighted by Gasteiger charge is -2.09. The van der Waals surface area contributed by atoms with Crippen LogP contribution < -0.4 is 19.6 Å². The normalized spacial score (nSPS) is 10.6. The first-order valence-corrected chi connectivity index (χ1v) is 8.35. The lowest BCUT2D eigenvalue weighted by Crippen LogP contribution is -2.24. The third-order valence-electron chi connectivity index (χ3n) is 3.46. The van der Waals surface area contributed by atoms with E-state index in [1.807, 2.05) is 45.0 Å². The standard InChI is InChI=1S/C20H24N2O4/c1-5-25-19-11-16(6-7-18(19)24-4)12-21-22-20(23)13-26-17-9-14(2)8-15(3)10-17/h6-12H,5,13H2,1-4H3,(H,22,23)/b21-12+. The Morgan fingerprint density at radius 3 is 2.46 bits per heavy atom. The van der Waals surface area contributed by atoms with Crippen LogP contribution in [0.15, 0.2) is 41.5 Å². The van der Waals surface area contributed by atoms with E-state index in [0.29, 0.717) is 23.9 Å². The van der Waals surface area contributed by atoms with Crippen molar-refractivity contribution in [3.63, 3.8) is 0 Å². The van der Waals surface area contributed by atoms with Crippen molar-refractivity contribution in [3.05, 3.63) is 53.1 Å². The van der Waals surface area contributed by atoms with Crippen molar-refractivity contribution in [1.82, 2.24) is 5.43 Å². The van der Waals surface area contributed by atoms with E-state index in [9.17, 15) is 4.79 Å². The first-order chi connectivity index (χ1) is 12.5. The van der Waals surface area contributed by atoms with Crippen molar-refractivity contribution < 1.29 is 19.0 Å². The molecule has 0 unspecified atom stereocenters. The summed E-state index contributed by atoms with van der Waals surface area (Å²) in [6, 6.07) is 11.2. The lowest BCUT2D eigenvalue weighted by molar-refractivity contribution is -0.123. The molecule has 0 aromatic heterocycles. The lowest BCUT2D eigenvalue weighted by atomic mass is 10.1. The van der Waals surface area contributed by atoms with Gasteiger partial charge in [-0.2, -0.15) is 5.10 Å². The SMILES string of the molecule is CCOc1cc(/C=N/NC(=O)COc2cc(C)cc(C)c2)ccc1OC. The Kier molecular flexibility index (Phi) is 7.02. The Bertz CT molecular complexity index is 767. The molecule has 1 N–H and O–H groups in total. The molecule has 138 valence electrons. The Morgan fingerprint density at radius 2 is 1.81 bits per heavy atom. The van der Waals surface area contributed by atoms with E-state index in [2.05, 4.69) is 10.5 Å². The Labute approximate surface area is 153 Å². The van der Waals surface area contributed by atoms with Crippen molar-refractivity contribution in [1.29, 1.82) is 0 Å². The van der Waals surface area contributed by atoms with Crippen LogP contribution in [0.25, 0.3) is 0 Å². The minimum Gasteiger partial charge on any atom is -0.493 e. The first kappa shape index (κ1) is 19.3. The Hall–Kier alpha value is -3.02. The highest BCUT2D eigenvalue weighted by molar-refractivity contribution is 5.83. The van der Waals surface area contributed by atoms with Gasteiger partial charge in [0, 0.05) is 0 Å². The van der Waals surface area contributed by atoms with Gasteiger partial charge in [-0.05, 0) is 67.8 Å². The highest BCUT2D eigenvalue weighted by Gasteiger charge is 2.05. The van der Waals surface area contributed by atoms with E-state index in [-0.39, 0.29) is 12.5 Å². The fourth-order valence-corrected chi connectivity index (χ4v) is 2.42. The van der Waals surface area contributed by atoms with Gasteiger partial charge in [0.1, 0.15) is 5.75 Å². The molecule has 0 aliphatic heterocycles. The van der Waals surface area contributed by atoms with Gasteiger partial charge in [0.05, 0.1) is 19.9 Å². The molecule has 2 aromatic rings. The number of carbonyl (C=O) groups is 1. The molecule has 0 aliphatic carbocycles. The van der Waals surface area contributed by atoms with Crippen LogP contribution in [0, 0.1) is 13.8 Å². The molecule has 0 saturated heterocycles. The summed E-state index contributed by atoms with van der Waals surface area (Å²) in [4.78, 5) is 11.9. The number of hydrogen-bond acceptors (Lipinski definition) is 5. The average Bonchev–Trinajstić information content (AvgIpc) is 2.60. The van der Waals surface area contributed by atoms with Gasteiger partial charge in [-0.15, -0.1) is 0 Å². The summed E-state index contributed by atoms with van der Waals surface area (Å²) in [6.07, 6.45) is 1.54. The number of aryl methyl sites for hydroxylation is 2. The van der Waals surface area contributed by atoms with Crippen molar-refractivity contribution in [2.75, 3.05) is 20.3 Å². The molecule has 0 saturated carbocycles. The maximum absolute atomic E-state index is 11.9. The van der Waals surface area contributed by atoms with Crippen molar-refractivity contribution in [2.45, 2.75) is 20.8 Å². The summed E-state index contributed by atoms with van der Waals surface area (Å²) >= 11 is 0. The maximum Gasteiger partial charge on any atom is 0.277 e. The van der Waals surface area contributed by atoms with Crippen LogP contribution in [0.2, 0.25) is 0 Å². The zero-order chi connectivity index (χ0) is 18.9. The van der Waals surface area contributed by atoms with Crippen LogP contribution in [0.4, 0.5) is 0 Å². The maximum atomic E-state index is 11.9. The number of nitrogens with zero attached hydrogens (tertiary/aromatic N) is 1. The van der Waals surface area contributed by atoms with Gasteiger partial charge in [-0.3, -0.25) is 4.79 Å². The second-order valence-electron chi connectivity index (χ2n) is 5.75. The summed E-state index contributed by atoms with van der Waals surface area (Å²) in [7, 11) is 1.58. The highest BCUT2D eigenvalue weighted by atomic mass is 16.5. The van der Waals surface area contributed by atoms with E-state index >= 15 is 0 Å². The van der Waals surface area contributed by atoms with Crippen LogP contribution >= 0.6 is 0 Å². The number of hydrazone groups is 1. The van der Waals surface area contributed by atoms with Crippen molar-refractivity contribution >= 4 is 12.1 Å². The molecular formula is C20H24N2O4. The van der Waals surface area contributed by atoms with Gasteiger partial charge in [0.25, 0.3) is 5.91 Å². The number of nitrogens with one attached hydrogen (secondary N) is 1. The number of methoxy groups -OCH3 is 1. The molecule has 26 heavy (non-hydrogen) atoms. The molecule has 0 atom stereocenters. The molecule has 0 radical (unpaired) electrons. The summed E-state index contributed by atoms with van der Waals surface area (Å²) in [5.41, 5.74) is 5.40. The Balaban J connectivity index is 1.89. The fraction of sp³-hybridized carbons (Fsp3) is 0.300. The molecule has 1 amide bonds.